The molecule has 26 heavy (non-hydrogen) atoms. The van der Waals surface area contributed by atoms with Gasteiger partial charge in [0.25, 0.3) is 21.8 Å². The Kier molecular flexibility index (Phi) is 4.51. The maximum Gasteiger partial charge on any atom is 0.306 e. The third-order valence-electron chi connectivity index (χ3n) is 4.80. The first-order chi connectivity index (χ1) is 12.1. The highest BCUT2D eigenvalue weighted by molar-refractivity contribution is 7.90. The average Bonchev–Trinajstić information content (AvgIpc) is 3.09. The first-order valence-corrected chi connectivity index (χ1v) is 9.83. The second-order valence-corrected chi connectivity index (χ2v) is 8.71. The van der Waals surface area contributed by atoms with Crippen molar-refractivity contribution in [2.45, 2.75) is 50.1 Å². The third kappa shape index (κ3) is 2.96. The number of nitrogens with zero attached hydrogens (tertiary/aromatic N) is 1. The fraction of sp³-hybridized carbons (Fsp3) is 0.471. The molecule has 140 valence electrons. The van der Waals surface area contributed by atoms with Crippen LogP contribution in [0, 0.1) is 5.92 Å². The van der Waals surface area contributed by atoms with Gasteiger partial charge in [-0.25, -0.2) is 12.7 Å². The number of hydrogen-bond donors (Lipinski definition) is 2. The van der Waals surface area contributed by atoms with Crippen molar-refractivity contribution < 1.29 is 27.9 Å². The van der Waals surface area contributed by atoms with E-state index in [1.807, 2.05) is 0 Å². The highest BCUT2D eigenvalue weighted by Crippen LogP contribution is 2.33. The van der Waals surface area contributed by atoms with Gasteiger partial charge in [0.05, 0.1) is 11.5 Å². The average molecular weight is 380 g/mol. The molecule has 0 bridgehead atoms. The minimum Gasteiger partial charge on any atom is -0.481 e. The number of carboxylic acid groups (broad SMARTS) is 1. The SMILES string of the molecule is CC(C)N1C(=O)c2ccc(C(=O)N[C@H]3CC[C@@H](C(=O)O)C3)cc2S1(=O)=O. The van der Waals surface area contributed by atoms with Crippen molar-refractivity contribution in [2.24, 2.45) is 5.92 Å². The van der Waals surface area contributed by atoms with E-state index in [1.165, 1.54) is 18.2 Å². The summed E-state index contributed by atoms with van der Waals surface area (Å²) in [6.45, 7) is 3.21. The number of carbonyl (C=O) groups excluding carboxylic acids is 2. The van der Waals surface area contributed by atoms with Crippen molar-refractivity contribution in [1.29, 1.82) is 0 Å². The number of carboxylic acids is 1. The predicted octanol–water partition coefficient (Wildman–Crippen LogP) is 1.22. The molecule has 1 fully saturated rings. The van der Waals surface area contributed by atoms with Gasteiger partial charge in [0, 0.05) is 17.6 Å². The number of carbonyl (C=O) groups is 3. The van der Waals surface area contributed by atoms with E-state index >= 15 is 0 Å². The Labute approximate surface area is 151 Å². The highest BCUT2D eigenvalue weighted by atomic mass is 32.2. The van der Waals surface area contributed by atoms with Gasteiger partial charge in [-0.15, -0.1) is 0 Å². The Bertz CT molecular complexity index is 893. The van der Waals surface area contributed by atoms with Crippen LogP contribution in [0.4, 0.5) is 0 Å². The molecule has 2 aliphatic rings. The first kappa shape index (κ1) is 18.4. The van der Waals surface area contributed by atoms with Gasteiger partial charge in [-0.2, -0.15) is 0 Å². The topological polar surface area (TPSA) is 121 Å². The second kappa shape index (κ2) is 6.39. The molecule has 1 aliphatic heterocycles. The van der Waals surface area contributed by atoms with Crippen LogP contribution >= 0.6 is 0 Å². The Morgan fingerprint density at radius 2 is 1.96 bits per heavy atom. The molecule has 0 aromatic heterocycles. The van der Waals surface area contributed by atoms with Crippen LogP contribution in [0.3, 0.4) is 0 Å². The van der Waals surface area contributed by atoms with Crippen LogP contribution in [0.1, 0.15) is 53.8 Å². The van der Waals surface area contributed by atoms with E-state index in [9.17, 15) is 22.8 Å². The summed E-state index contributed by atoms with van der Waals surface area (Å²) in [6, 6.07) is 3.19. The molecule has 0 spiro atoms. The Balaban J connectivity index is 1.83. The minimum absolute atomic E-state index is 0.0575. The van der Waals surface area contributed by atoms with Crippen LogP contribution in [-0.2, 0) is 14.8 Å². The number of aliphatic carboxylic acids is 1. The summed E-state index contributed by atoms with van der Waals surface area (Å²) in [5.74, 6) is -2.42. The van der Waals surface area contributed by atoms with E-state index in [-0.39, 0.29) is 22.1 Å². The van der Waals surface area contributed by atoms with Gasteiger partial charge in [0.15, 0.2) is 0 Å². The minimum atomic E-state index is -3.97. The number of hydrogen-bond acceptors (Lipinski definition) is 5. The van der Waals surface area contributed by atoms with Crippen molar-refractivity contribution in [3.63, 3.8) is 0 Å². The number of sulfonamides is 1. The van der Waals surface area contributed by atoms with Crippen LogP contribution in [0.5, 0.6) is 0 Å². The summed E-state index contributed by atoms with van der Waals surface area (Å²) >= 11 is 0. The zero-order valence-corrected chi connectivity index (χ0v) is 15.2. The van der Waals surface area contributed by atoms with Crippen molar-refractivity contribution in [1.82, 2.24) is 9.62 Å². The molecule has 1 aromatic rings. The summed E-state index contributed by atoms with van der Waals surface area (Å²) in [5, 5.41) is 11.8. The van der Waals surface area contributed by atoms with Crippen molar-refractivity contribution in [3.05, 3.63) is 29.3 Å². The summed E-state index contributed by atoms with van der Waals surface area (Å²) in [7, 11) is -3.97. The van der Waals surface area contributed by atoms with Crippen molar-refractivity contribution >= 4 is 27.8 Å². The summed E-state index contributed by atoms with van der Waals surface area (Å²) in [5.41, 5.74) is 0.187. The molecule has 0 radical (unpaired) electrons. The molecule has 3 rings (SSSR count). The third-order valence-corrected chi connectivity index (χ3v) is 6.80. The molecule has 1 heterocycles. The monoisotopic (exact) mass is 380 g/mol. The molecule has 0 unspecified atom stereocenters. The van der Waals surface area contributed by atoms with Gasteiger partial charge in [0.2, 0.25) is 0 Å². The fourth-order valence-corrected chi connectivity index (χ4v) is 5.30. The second-order valence-electron chi connectivity index (χ2n) is 6.93. The summed E-state index contributed by atoms with van der Waals surface area (Å²) in [4.78, 5) is 35.6. The van der Waals surface area contributed by atoms with Crippen LogP contribution in [0.15, 0.2) is 23.1 Å². The van der Waals surface area contributed by atoms with E-state index in [1.54, 1.807) is 13.8 Å². The largest absolute Gasteiger partial charge is 0.481 e. The maximum absolute atomic E-state index is 12.6. The van der Waals surface area contributed by atoms with Gasteiger partial charge in [-0.3, -0.25) is 14.4 Å². The van der Waals surface area contributed by atoms with Crippen molar-refractivity contribution in [2.75, 3.05) is 0 Å². The standard InChI is InChI=1S/C17H20N2O6S/c1-9(2)19-16(21)13-6-4-10(8-14(13)26(19,24)25)15(20)18-12-5-3-11(7-12)17(22)23/h4,6,8-9,11-12H,3,5,7H2,1-2H3,(H,18,20)(H,22,23)/t11-,12+/m1/s1. The fourth-order valence-electron chi connectivity index (χ4n) is 3.51. The molecule has 0 saturated heterocycles. The molecule has 1 aliphatic carbocycles. The lowest BCUT2D eigenvalue weighted by atomic mass is 10.1. The van der Waals surface area contributed by atoms with Crippen LogP contribution in [0.25, 0.3) is 0 Å². The Hall–Kier alpha value is -2.42. The highest BCUT2D eigenvalue weighted by Gasteiger charge is 2.43. The van der Waals surface area contributed by atoms with E-state index in [0.717, 1.165) is 4.31 Å². The lowest BCUT2D eigenvalue weighted by Gasteiger charge is -2.18. The van der Waals surface area contributed by atoms with E-state index in [0.29, 0.717) is 19.3 Å². The molecule has 2 amide bonds. The lowest BCUT2D eigenvalue weighted by molar-refractivity contribution is -0.141. The van der Waals surface area contributed by atoms with Gasteiger partial charge in [0.1, 0.15) is 4.90 Å². The van der Waals surface area contributed by atoms with Gasteiger partial charge in [-0.1, -0.05) is 0 Å². The molecule has 1 aromatic carbocycles. The lowest BCUT2D eigenvalue weighted by Crippen LogP contribution is -2.36. The molecular formula is C17H20N2O6S. The molecule has 1 saturated carbocycles. The normalized spacial score (nSPS) is 24.0. The Morgan fingerprint density at radius 1 is 1.27 bits per heavy atom. The number of amides is 2. The molecule has 2 N–H and O–H groups in total. The van der Waals surface area contributed by atoms with Crippen LogP contribution in [-0.4, -0.2) is 47.7 Å². The molecule has 9 heteroatoms. The first-order valence-electron chi connectivity index (χ1n) is 8.39. The maximum atomic E-state index is 12.6. The number of rotatable bonds is 4. The van der Waals surface area contributed by atoms with Gasteiger partial charge < -0.3 is 10.4 Å². The zero-order chi connectivity index (χ0) is 19.2. The van der Waals surface area contributed by atoms with Crippen LogP contribution in [0.2, 0.25) is 0 Å². The van der Waals surface area contributed by atoms with E-state index in [2.05, 4.69) is 5.32 Å². The molecule has 8 nitrogen and oxygen atoms in total. The predicted molar refractivity (Wildman–Crippen MR) is 91.2 cm³/mol. The Morgan fingerprint density at radius 3 is 2.54 bits per heavy atom. The van der Waals surface area contributed by atoms with Crippen molar-refractivity contribution in [3.8, 4) is 0 Å². The van der Waals surface area contributed by atoms with Gasteiger partial charge in [-0.05, 0) is 51.3 Å². The van der Waals surface area contributed by atoms with E-state index < -0.39 is 39.8 Å². The van der Waals surface area contributed by atoms with Crippen LogP contribution < -0.4 is 5.32 Å². The summed E-state index contributed by atoms with van der Waals surface area (Å²) in [6.07, 6.45) is 1.41. The zero-order valence-electron chi connectivity index (χ0n) is 14.4. The number of benzene rings is 1. The van der Waals surface area contributed by atoms with Gasteiger partial charge >= 0.3 is 5.97 Å². The summed E-state index contributed by atoms with van der Waals surface area (Å²) < 4.78 is 26.0. The molecule has 2 atom stereocenters. The smallest absolute Gasteiger partial charge is 0.306 e. The quantitative estimate of drug-likeness (QED) is 0.810. The number of nitrogens with one attached hydrogen (secondary N) is 1. The van der Waals surface area contributed by atoms with E-state index in [4.69, 9.17) is 5.11 Å². The number of fused-ring (bicyclic) bond motifs is 1. The molecular weight excluding hydrogens is 360 g/mol.